The number of amides is 1. The first-order valence-corrected chi connectivity index (χ1v) is 9.46. The van der Waals surface area contributed by atoms with Crippen molar-refractivity contribution in [2.75, 3.05) is 26.7 Å². The lowest BCUT2D eigenvalue weighted by Gasteiger charge is -2.38. The average Bonchev–Trinajstić information content (AvgIpc) is 2.71. The van der Waals surface area contributed by atoms with Crippen LogP contribution in [-0.4, -0.2) is 53.2 Å². The minimum absolute atomic E-state index is 0.109. The third-order valence-corrected chi connectivity index (χ3v) is 5.02. The van der Waals surface area contributed by atoms with Gasteiger partial charge in [-0.25, -0.2) is 4.39 Å². The Morgan fingerprint density at radius 2 is 2.21 bits per heavy atom. The van der Waals surface area contributed by atoms with E-state index >= 15 is 0 Å². The number of hydrogen-bond donors (Lipinski definition) is 2. The normalized spacial score (nSPS) is 19.7. The Hall–Kier alpha value is -2.51. The van der Waals surface area contributed by atoms with Gasteiger partial charge in [-0.05, 0) is 43.2 Å². The Morgan fingerprint density at radius 1 is 1.36 bits per heavy atom. The number of aliphatic hydroxyl groups is 1. The molecular formula is C21H26FN3O3. The lowest BCUT2D eigenvalue weighted by Crippen LogP contribution is -2.57. The molecule has 1 saturated heterocycles. The molecule has 150 valence electrons. The summed E-state index contributed by atoms with van der Waals surface area (Å²) in [4.78, 5) is 18.6. The van der Waals surface area contributed by atoms with Gasteiger partial charge in [-0.15, -0.1) is 0 Å². The molecular weight excluding hydrogens is 361 g/mol. The van der Waals surface area contributed by atoms with Gasteiger partial charge in [-0.2, -0.15) is 0 Å². The summed E-state index contributed by atoms with van der Waals surface area (Å²) in [6.07, 6.45) is 3.50. The van der Waals surface area contributed by atoms with E-state index in [-0.39, 0.29) is 19.0 Å². The first-order chi connectivity index (χ1) is 13.5. The van der Waals surface area contributed by atoms with Gasteiger partial charge in [-0.1, -0.05) is 6.07 Å². The highest BCUT2D eigenvalue weighted by atomic mass is 19.1. The summed E-state index contributed by atoms with van der Waals surface area (Å²) < 4.78 is 19.3. The molecule has 7 heteroatoms. The Kier molecular flexibility index (Phi) is 6.59. The highest BCUT2D eigenvalue weighted by molar-refractivity contribution is 5.86. The highest BCUT2D eigenvalue weighted by Crippen LogP contribution is 2.25. The van der Waals surface area contributed by atoms with Crippen molar-refractivity contribution in [1.82, 2.24) is 15.2 Å². The smallest absolute Gasteiger partial charge is 0.256 e. The Balaban J connectivity index is 1.58. The third-order valence-electron chi connectivity index (χ3n) is 5.02. The molecule has 28 heavy (non-hydrogen) atoms. The molecule has 6 nitrogen and oxygen atoms in total. The second kappa shape index (κ2) is 9.12. The van der Waals surface area contributed by atoms with Crippen molar-refractivity contribution in [1.29, 1.82) is 0 Å². The van der Waals surface area contributed by atoms with Gasteiger partial charge in [0.05, 0.1) is 7.11 Å². The molecule has 2 N–H and O–H groups in total. The Bertz CT molecular complexity index is 803. The minimum atomic E-state index is -1.47. The van der Waals surface area contributed by atoms with E-state index in [1.54, 1.807) is 18.3 Å². The number of carbonyl (C=O) groups excluding carboxylic acids is 1. The molecule has 1 aliphatic rings. The molecule has 2 heterocycles. The minimum Gasteiger partial charge on any atom is -0.497 e. The van der Waals surface area contributed by atoms with Crippen LogP contribution in [0.3, 0.4) is 0 Å². The largest absolute Gasteiger partial charge is 0.497 e. The zero-order valence-corrected chi connectivity index (χ0v) is 16.0. The zero-order chi connectivity index (χ0) is 20.0. The van der Waals surface area contributed by atoms with Crippen molar-refractivity contribution in [3.63, 3.8) is 0 Å². The molecule has 1 fully saturated rings. The first-order valence-electron chi connectivity index (χ1n) is 9.46. The zero-order valence-electron chi connectivity index (χ0n) is 16.0. The Labute approximate surface area is 164 Å². The SMILES string of the molecule is COc1ccc(F)c(CN2CCCC(O)(CNCCc3ccccn3)C2=O)c1. The lowest BCUT2D eigenvalue weighted by atomic mass is 9.91. The number of ether oxygens (including phenoxy) is 1. The lowest BCUT2D eigenvalue weighted by molar-refractivity contribution is -0.157. The van der Waals surface area contributed by atoms with Gasteiger partial charge in [0, 0.05) is 50.1 Å². The number of halogens is 1. The van der Waals surface area contributed by atoms with Gasteiger partial charge in [-0.3, -0.25) is 9.78 Å². The molecule has 0 aliphatic carbocycles. The fourth-order valence-electron chi connectivity index (χ4n) is 3.44. The molecule has 0 radical (unpaired) electrons. The molecule has 1 aliphatic heterocycles. The second-order valence-corrected chi connectivity index (χ2v) is 7.07. The number of nitrogens with one attached hydrogen (secondary N) is 1. The third kappa shape index (κ3) is 4.85. The van der Waals surface area contributed by atoms with Crippen LogP contribution < -0.4 is 10.1 Å². The quantitative estimate of drug-likeness (QED) is 0.677. The molecule has 0 bridgehead atoms. The number of benzene rings is 1. The summed E-state index contributed by atoms with van der Waals surface area (Å²) in [5.74, 6) is -0.227. The Morgan fingerprint density at radius 3 is 2.96 bits per heavy atom. The van der Waals surface area contributed by atoms with Crippen molar-refractivity contribution < 1.29 is 19.0 Å². The highest BCUT2D eigenvalue weighted by Gasteiger charge is 2.41. The van der Waals surface area contributed by atoms with E-state index in [4.69, 9.17) is 4.74 Å². The number of methoxy groups -OCH3 is 1. The van der Waals surface area contributed by atoms with Crippen molar-refractivity contribution in [3.8, 4) is 5.75 Å². The maximum absolute atomic E-state index is 14.1. The van der Waals surface area contributed by atoms with Crippen LogP contribution in [0.25, 0.3) is 0 Å². The summed E-state index contributed by atoms with van der Waals surface area (Å²) in [6, 6.07) is 10.2. The van der Waals surface area contributed by atoms with Crippen molar-refractivity contribution in [3.05, 3.63) is 59.7 Å². The number of piperidine rings is 1. The summed E-state index contributed by atoms with van der Waals surface area (Å²) in [5.41, 5.74) is -0.148. The summed E-state index contributed by atoms with van der Waals surface area (Å²) >= 11 is 0. The van der Waals surface area contributed by atoms with Gasteiger partial charge in [0.25, 0.3) is 5.91 Å². The maximum Gasteiger partial charge on any atom is 0.256 e. The number of nitrogens with zero attached hydrogens (tertiary/aromatic N) is 2. The number of likely N-dealkylation sites (tertiary alicyclic amines) is 1. The van der Waals surface area contributed by atoms with Crippen LogP contribution in [0.2, 0.25) is 0 Å². The van der Waals surface area contributed by atoms with Crippen molar-refractivity contribution in [2.24, 2.45) is 0 Å². The maximum atomic E-state index is 14.1. The molecule has 1 aromatic carbocycles. The van der Waals surface area contributed by atoms with E-state index in [0.717, 1.165) is 5.69 Å². The van der Waals surface area contributed by atoms with E-state index in [1.165, 1.54) is 18.1 Å². The number of rotatable bonds is 8. The molecule has 1 unspecified atom stereocenters. The summed E-state index contributed by atoms with van der Waals surface area (Å²) in [5, 5.41) is 14.0. The molecule has 2 aromatic rings. The van der Waals surface area contributed by atoms with E-state index in [1.807, 2.05) is 18.2 Å². The molecule has 1 aromatic heterocycles. The van der Waals surface area contributed by atoms with Crippen LogP contribution in [0.1, 0.15) is 24.1 Å². The van der Waals surface area contributed by atoms with Crippen LogP contribution in [0.4, 0.5) is 4.39 Å². The van der Waals surface area contributed by atoms with Crippen molar-refractivity contribution >= 4 is 5.91 Å². The second-order valence-electron chi connectivity index (χ2n) is 7.07. The molecule has 1 atom stereocenters. The van der Waals surface area contributed by atoms with Crippen LogP contribution in [0, 0.1) is 5.82 Å². The fraction of sp³-hybridized carbons (Fsp3) is 0.429. The summed E-state index contributed by atoms with van der Waals surface area (Å²) in [6.45, 7) is 1.37. The van der Waals surface area contributed by atoms with Crippen LogP contribution in [0.5, 0.6) is 5.75 Å². The fourth-order valence-corrected chi connectivity index (χ4v) is 3.44. The van der Waals surface area contributed by atoms with E-state index < -0.39 is 11.4 Å². The standard InChI is InChI=1S/C21H26FN3O3/c1-28-18-6-7-19(22)16(13-18)14-25-12-4-9-21(27,20(25)26)15-23-11-8-17-5-2-3-10-24-17/h2-3,5-7,10,13,23,27H,4,8-9,11-12,14-15H2,1H3. The molecule has 0 saturated carbocycles. The average molecular weight is 387 g/mol. The van der Waals surface area contributed by atoms with Crippen LogP contribution in [0.15, 0.2) is 42.6 Å². The predicted molar refractivity (Wildman–Crippen MR) is 103 cm³/mol. The van der Waals surface area contributed by atoms with E-state index in [2.05, 4.69) is 10.3 Å². The number of aromatic nitrogens is 1. The van der Waals surface area contributed by atoms with Gasteiger partial charge >= 0.3 is 0 Å². The molecule has 0 spiro atoms. The number of pyridine rings is 1. The monoisotopic (exact) mass is 387 g/mol. The first kappa shape index (κ1) is 20.2. The molecule has 1 amide bonds. The van der Waals surface area contributed by atoms with Gasteiger partial charge in [0.2, 0.25) is 0 Å². The van der Waals surface area contributed by atoms with Crippen LogP contribution in [-0.2, 0) is 17.8 Å². The number of carbonyl (C=O) groups is 1. The summed E-state index contributed by atoms with van der Waals surface area (Å²) in [7, 11) is 1.51. The molecule has 3 rings (SSSR count). The van der Waals surface area contributed by atoms with Gasteiger partial charge in [0.15, 0.2) is 5.60 Å². The van der Waals surface area contributed by atoms with Gasteiger partial charge < -0.3 is 20.1 Å². The van der Waals surface area contributed by atoms with Crippen LogP contribution >= 0.6 is 0 Å². The topological polar surface area (TPSA) is 74.7 Å². The van der Waals surface area contributed by atoms with E-state index in [9.17, 15) is 14.3 Å². The van der Waals surface area contributed by atoms with E-state index in [0.29, 0.717) is 43.7 Å². The van der Waals surface area contributed by atoms with Crippen molar-refractivity contribution in [2.45, 2.75) is 31.4 Å². The van der Waals surface area contributed by atoms with Gasteiger partial charge in [0.1, 0.15) is 11.6 Å². The number of hydrogen-bond acceptors (Lipinski definition) is 5. The predicted octanol–water partition coefficient (Wildman–Crippen LogP) is 1.92.